The second-order valence-corrected chi connectivity index (χ2v) is 4.22. The Labute approximate surface area is 103 Å². The molecule has 0 aliphatic carbocycles. The van der Waals surface area contributed by atoms with Crippen LogP contribution < -0.4 is 0 Å². The number of hydrogen-bond acceptors (Lipinski definition) is 4. The second kappa shape index (κ2) is 4.92. The predicted molar refractivity (Wildman–Crippen MR) is 61.2 cm³/mol. The van der Waals surface area contributed by atoms with Crippen LogP contribution in [0.1, 0.15) is 19.4 Å². The van der Waals surface area contributed by atoms with Gasteiger partial charge in [-0.2, -0.15) is 9.65 Å². The van der Waals surface area contributed by atoms with E-state index in [0.717, 1.165) is 12.1 Å². The zero-order valence-electron chi connectivity index (χ0n) is 9.94. The number of nitriles is 1. The van der Waals surface area contributed by atoms with Crippen molar-refractivity contribution in [3.63, 3.8) is 0 Å². The van der Waals surface area contributed by atoms with Crippen molar-refractivity contribution >= 4 is 11.5 Å². The average Bonchev–Trinajstić information content (AvgIpc) is 2.28. The van der Waals surface area contributed by atoms with Crippen molar-refractivity contribution in [2.45, 2.75) is 20.3 Å². The standard InChI is InChI=1S/C12H11FN2O3/c1-8(16)12(2,7-14)6-9-3-4-11(15(17)18)10(13)5-9/h3-5H,6H2,1-2H3. The number of carbonyl (C=O) groups excluding carboxylic acids is 1. The summed E-state index contributed by atoms with van der Waals surface area (Å²) in [4.78, 5) is 21.0. The topological polar surface area (TPSA) is 84.0 Å². The molecule has 6 heteroatoms. The Balaban J connectivity index is 3.08. The molecule has 5 nitrogen and oxygen atoms in total. The van der Waals surface area contributed by atoms with Gasteiger partial charge < -0.3 is 0 Å². The van der Waals surface area contributed by atoms with Crippen molar-refractivity contribution in [1.82, 2.24) is 0 Å². The van der Waals surface area contributed by atoms with Crippen molar-refractivity contribution < 1.29 is 14.1 Å². The first-order chi connectivity index (χ1) is 8.30. The van der Waals surface area contributed by atoms with Gasteiger partial charge in [-0.3, -0.25) is 14.9 Å². The van der Waals surface area contributed by atoms with E-state index in [1.807, 2.05) is 6.07 Å². The number of Topliss-reactive ketones (excluding diaryl/α,β-unsaturated/α-hetero) is 1. The molecule has 0 aliphatic rings. The van der Waals surface area contributed by atoms with E-state index in [2.05, 4.69) is 0 Å². The molecule has 0 saturated carbocycles. The summed E-state index contributed by atoms with van der Waals surface area (Å²) in [5.41, 5.74) is -1.50. The molecule has 1 aromatic rings. The van der Waals surface area contributed by atoms with Crippen LogP contribution in [-0.4, -0.2) is 10.7 Å². The third-order valence-corrected chi connectivity index (χ3v) is 2.79. The number of ketones is 1. The van der Waals surface area contributed by atoms with E-state index in [4.69, 9.17) is 5.26 Å². The number of nitrogens with zero attached hydrogens (tertiary/aromatic N) is 2. The highest BCUT2D eigenvalue weighted by Crippen LogP contribution is 2.25. The van der Waals surface area contributed by atoms with Crippen molar-refractivity contribution in [1.29, 1.82) is 5.26 Å². The number of nitro groups is 1. The molecule has 0 N–H and O–H groups in total. The van der Waals surface area contributed by atoms with Gasteiger partial charge in [-0.05, 0) is 31.9 Å². The highest BCUT2D eigenvalue weighted by molar-refractivity contribution is 5.85. The minimum atomic E-state index is -1.25. The summed E-state index contributed by atoms with van der Waals surface area (Å²) in [6.45, 7) is 2.74. The Morgan fingerprint density at radius 2 is 2.22 bits per heavy atom. The SMILES string of the molecule is CC(=O)C(C)(C#N)Cc1ccc([N+](=O)[O-])c(F)c1. The number of halogens is 1. The average molecular weight is 250 g/mol. The molecule has 1 aromatic carbocycles. The van der Waals surface area contributed by atoms with Gasteiger partial charge in [-0.15, -0.1) is 0 Å². The van der Waals surface area contributed by atoms with Crippen LogP contribution in [0.15, 0.2) is 18.2 Å². The van der Waals surface area contributed by atoms with Gasteiger partial charge in [-0.1, -0.05) is 6.07 Å². The number of benzene rings is 1. The zero-order valence-corrected chi connectivity index (χ0v) is 9.94. The van der Waals surface area contributed by atoms with Gasteiger partial charge in [0.1, 0.15) is 11.2 Å². The predicted octanol–water partition coefficient (Wildman–Crippen LogP) is 2.40. The zero-order chi connectivity index (χ0) is 13.9. The van der Waals surface area contributed by atoms with Gasteiger partial charge >= 0.3 is 5.69 Å². The molecular weight excluding hydrogens is 239 g/mol. The van der Waals surface area contributed by atoms with Crippen molar-refractivity contribution in [3.05, 3.63) is 39.7 Å². The molecule has 1 unspecified atom stereocenters. The smallest absolute Gasteiger partial charge is 0.298 e. The van der Waals surface area contributed by atoms with E-state index in [-0.39, 0.29) is 12.2 Å². The second-order valence-electron chi connectivity index (χ2n) is 4.22. The third kappa shape index (κ3) is 2.69. The minimum absolute atomic E-state index is 0.0216. The molecule has 0 fully saturated rings. The first-order valence-corrected chi connectivity index (χ1v) is 5.15. The van der Waals surface area contributed by atoms with Gasteiger partial charge in [0.25, 0.3) is 0 Å². The molecule has 0 saturated heterocycles. The Morgan fingerprint density at radius 3 is 2.61 bits per heavy atom. The van der Waals surface area contributed by atoms with Crippen LogP contribution in [0.5, 0.6) is 0 Å². The number of carbonyl (C=O) groups is 1. The van der Waals surface area contributed by atoms with Crippen LogP contribution in [0.3, 0.4) is 0 Å². The van der Waals surface area contributed by atoms with E-state index in [1.165, 1.54) is 19.9 Å². The molecule has 0 bridgehead atoms. The van der Waals surface area contributed by atoms with E-state index in [1.54, 1.807) is 0 Å². The Hall–Kier alpha value is -2.29. The maximum atomic E-state index is 13.4. The van der Waals surface area contributed by atoms with Crippen molar-refractivity contribution in [2.75, 3.05) is 0 Å². The lowest BCUT2D eigenvalue weighted by atomic mass is 9.82. The van der Waals surface area contributed by atoms with Crippen molar-refractivity contribution in [3.8, 4) is 6.07 Å². The molecule has 1 atom stereocenters. The third-order valence-electron chi connectivity index (χ3n) is 2.79. The maximum absolute atomic E-state index is 13.4. The molecule has 0 aromatic heterocycles. The van der Waals surface area contributed by atoms with Crippen LogP contribution in [0.2, 0.25) is 0 Å². The van der Waals surface area contributed by atoms with E-state index in [0.29, 0.717) is 5.56 Å². The fourth-order valence-electron chi connectivity index (χ4n) is 1.46. The first kappa shape index (κ1) is 13.8. The van der Waals surface area contributed by atoms with E-state index >= 15 is 0 Å². The lowest BCUT2D eigenvalue weighted by Crippen LogP contribution is -2.26. The van der Waals surface area contributed by atoms with Crippen LogP contribution in [-0.2, 0) is 11.2 Å². The molecule has 0 heterocycles. The highest BCUT2D eigenvalue weighted by atomic mass is 19.1. The summed E-state index contributed by atoms with van der Waals surface area (Å²) in [6, 6.07) is 5.24. The van der Waals surface area contributed by atoms with E-state index in [9.17, 15) is 19.3 Å². The Bertz CT molecular complexity index is 551. The molecule has 94 valence electrons. The largest absolute Gasteiger partial charge is 0.304 e. The fraction of sp³-hybridized carbons (Fsp3) is 0.333. The summed E-state index contributed by atoms with van der Waals surface area (Å²) < 4.78 is 13.4. The Morgan fingerprint density at radius 1 is 1.61 bits per heavy atom. The van der Waals surface area contributed by atoms with E-state index < -0.39 is 21.8 Å². The number of hydrogen-bond donors (Lipinski definition) is 0. The molecular formula is C12H11FN2O3. The summed E-state index contributed by atoms with van der Waals surface area (Å²) in [7, 11) is 0. The van der Waals surface area contributed by atoms with Crippen LogP contribution in [0.4, 0.5) is 10.1 Å². The quantitative estimate of drug-likeness (QED) is 0.606. The Kier molecular flexibility index (Phi) is 3.76. The van der Waals surface area contributed by atoms with Crippen LogP contribution in [0, 0.1) is 32.7 Å². The van der Waals surface area contributed by atoms with Gasteiger partial charge in [0.05, 0.1) is 11.0 Å². The molecule has 0 amide bonds. The monoisotopic (exact) mass is 250 g/mol. The molecule has 0 spiro atoms. The van der Waals surface area contributed by atoms with Crippen LogP contribution >= 0.6 is 0 Å². The van der Waals surface area contributed by atoms with Crippen LogP contribution in [0.25, 0.3) is 0 Å². The summed E-state index contributed by atoms with van der Waals surface area (Å²) in [5, 5.41) is 19.4. The fourth-order valence-corrected chi connectivity index (χ4v) is 1.46. The van der Waals surface area contributed by atoms with Gasteiger partial charge in [-0.25, -0.2) is 0 Å². The number of rotatable bonds is 4. The van der Waals surface area contributed by atoms with Gasteiger partial charge in [0, 0.05) is 6.07 Å². The van der Waals surface area contributed by atoms with Gasteiger partial charge in [0.2, 0.25) is 5.82 Å². The maximum Gasteiger partial charge on any atom is 0.304 e. The lowest BCUT2D eigenvalue weighted by molar-refractivity contribution is -0.387. The summed E-state index contributed by atoms with van der Waals surface area (Å²) in [5.74, 6) is -1.30. The molecule has 18 heavy (non-hydrogen) atoms. The summed E-state index contributed by atoms with van der Waals surface area (Å²) in [6.07, 6.45) is 0.0216. The summed E-state index contributed by atoms with van der Waals surface area (Å²) >= 11 is 0. The van der Waals surface area contributed by atoms with Crippen molar-refractivity contribution in [2.24, 2.45) is 5.41 Å². The first-order valence-electron chi connectivity index (χ1n) is 5.15. The molecule has 0 radical (unpaired) electrons. The minimum Gasteiger partial charge on any atom is -0.298 e. The number of nitro benzene ring substituents is 1. The normalized spacial score (nSPS) is 13.4. The lowest BCUT2D eigenvalue weighted by Gasteiger charge is -2.17. The molecule has 0 aliphatic heterocycles. The van der Waals surface area contributed by atoms with Gasteiger partial charge in [0.15, 0.2) is 0 Å². The molecule has 1 rings (SSSR count). The highest BCUT2D eigenvalue weighted by Gasteiger charge is 2.30.